The zero-order valence-electron chi connectivity index (χ0n) is 34.9. The highest BCUT2D eigenvalue weighted by Crippen LogP contribution is 2.43. The van der Waals surface area contributed by atoms with E-state index in [2.05, 4.69) is 41.5 Å². The largest absolute Gasteiger partial charge is 0.483 e. The minimum absolute atomic E-state index is 0.0753. The normalized spacial score (nSPS) is 17.9. The fourth-order valence-electron chi connectivity index (χ4n) is 7.27. The monoisotopic (exact) mass is 762 g/mol. The second kappa shape index (κ2) is 16.9. The van der Waals surface area contributed by atoms with Gasteiger partial charge >= 0.3 is 17.9 Å². The van der Waals surface area contributed by atoms with Crippen LogP contribution in [0.15, 0.2) is 84.9 Å². The third kappa shape index (κ3) is 9.12. The van der Waals surface area contributed by atoms with Gasteiger partial charge in [-0.05, 0) is 117 Å². The van der Waals surface area contributed by atoms with E-state index in [1.54, 1.807) is 12.1 Å². The van der Waals surface area contributed by atoms with Crippen molar-refractivity contribution >= 4 is 17.9 Å². The van der Waals surface area contributed by atoms with Crippen molar-refractivity contribution in [3.8, 4) is 23.0 Å². The van der Waals surface area contributed by atoms with Crippen LogP contribution >= 0.6 is 0 Å². The van der Waals surface area contributed by atoms with Crippen molar-refractivity contribution in [2.45, 2.75) is 130 Å². The average molecular weight is 763 g/mol. The molecule has 4 aromatic rings. The van der Waals surface area contributed by atoms with Crippen molar-refractivity contribution in [1.82, 2.24) is 0 Å². The molecule has 0 saturated carbocycles. The van der Waals surface area contributed by atoms with Gasteiger partial charge in [-0.25, -0.2) is 9.59 Å². The summed E-state index contributed by atoms with van der Waals surface area (Å²) in [6.07, 6.45) is 3.31. The SMILES string of the molecule is CCCC(C)C(C)OC(=O)c1cc(C(C)c2ccc(Oc3ccc(C(C)(C)c4ccc5c(c4)C(=O)OC(C)(C)C(C)(CCC)O5)cc3)cc2)ccc1OC(C)=O. The molecule has 8 nitrogen and oxygen atoms in total. The number of rotatable bonds is 14. The molecule has 56 heavy (non-hydrogen) atoms. The highest BCUT2D eigenvalue weighted by Gasteiger charge is 2.49. The van der Waals surface area contributed by atoms with Gasteiger partial charge in [0.25, 0.3) is 0 Å². The predicted molar refractivity (Wildman–Crippen MR) is 219 cm³/mol. The molecule has 0 saturated heterocycles. The number of hydrogen-bond donors (Lipinski definition) is 0. The second-order valence-electron chi connectivity index (χ2n) is 16.5. The molecule has 1 heterocycles. The summed E-state index contributed by atoms with van der Waals surface area (Å²) in [5.41, 5.74) is 2.71. The minimum atomic E-state index is -0.796. The molecular formula is C48H58O8. The highest BCUT2D eigenvalue weighted by molar-refractivity contribution is 5.94. The third-order valence-corrected chi connectivity index (χ3v) is 11.6. The van der Waals surface area contributed by atoms with Crippen LogP contribution in [0.5, 0.6) is 23.0 Å². The minimum Gasteiger partial charge on any atom is -0.483 e. The van der Waals surface area contributed by atoms with Gasteiger partial charge in [-0.15, -0.1) is 0 Å². The van der Waals surface area contributed by atoms with Crippen molar-refractivity contribution in [3.05, 3.63) is 118 Å². The molecule has 0 amide bonds. The van der Waals surface area contributed by atoms with Crippen LogP contribution in [0.1, 0.15) is 151 Å². The van der Waals surface area contributed by atoms with Crippen LogP contribution in [-0.2, 0) is 19.7 Å². The number of esters is 3. The predicted octanol–water partition coefficient (Wildman–Crippen LogP) is 11.7. The topological polar surface area (TPSA) is 97.4 Å². The molecule has 1 aliphatic heterocycles. The quantitative estimate of drug-likeness (QED) is 0.0925. The molecule has 5 rings (SSSR count). The van der Waals surface area contributed by atoms with Gasteiger partial charge in [-0.3, -0.25) is 4.79 Å². The lowest BCUT2D eigenvalue weighted by molar-refractivity contribution is -0.131. The van der Waals surface area contributed by atoms with Gasteiger partial charge < -0.3 is 23.7 Å². The molecule has 8 heteroatoms. The third-order valence-electron chi connectivity index (χ3n) is 11.6. The standard InChI is InChI=1S/C48H58O8/c1-12-14-30(3)32(5)52-44(50)40-28-35(17-25-42(40)53-33(6)49)31(4)34-15-21-38(22-16-34)54-39-23-18-36(19-24-39)46(7,8)37-20-26-43-41(29-37)45(51)56-47(9,10)48(11,55-43)27-13-2/h15-26,28-32H,12-14,27H2,1-11H3. The summed E-state index contributed by atoms with van der Waals surface area (Å²) in [7, 11) is 0. The maximum Gasteiger partial charge on any atom is 0.342 e. The van der Waals surface area contributed by atoms with E-state index in [9.17, 15) is 14.4 Å². The first kappa shape index (κ1) is 42.0. The Morgan fingerprint density at radius 1 is 0.768 bits per heavy atom. The first-order valence-electron chi connectivity index (χ1n) is 19.9. The summed E-state index contributed by atoms with van der Waals surface area (Å²) in [6, 6.07) is 26.9. The Kier molecular flexibility index (Phi) is 12.7. The van der Waals surface area contributed by atoms with Crippen LogP contribution in [-0.4, -0.2) is 35.2 Å². The van der Waals surface area contributed by atoms with E-state index < -0.39 is 28.6 Å². The molecule has 298 valence electrons. The summed E-state index contributed by atoms with van der Waals surface area (Å²) in [6.45, 7) is 21.6. The van der Waals surface area contributed by atoms with Crippen molar-refractivity contribution < 1.29 is 38.1 Å². The molecule has 0 radical (unpaired) electrons. The molecule has 4 unspecified atom stereocenters. The summed E-state index contributed by atoms with van der Waals surface area (Å²) in [4.78, 5) is 38.5. The maximum absolute atomic E-state index is 13.4. The number of ether oxygens (including phenoxy) is 5. The summed E-state index contributed by atoms with van der Waals surface area (Å²) >= 11 is 0. The molecule has 0 aliphatic carbocycles. The first-order chi connectivity index (χ1) is 26.4. The van der Waals surface area contributed by atoms with Crippen LogP contribution in [0.4, 0.5) is 0 Å². The van der Waals surface area contributed by atoms with E-state index >= 15 is 0 Å². The van der Waals surface area contributed by atoms with Gasteiger partial charge in [0.05, 0.1) is 0 Å². The zero-order valence-corrected chi connectivity index (χ0v) is 34.9. The number of carbonyl (C=O) groups excluding carboxylic acids is 3. The van der Waals surface area contributed by atoms with E-state index in [4.69, 9.17) is 23.7 Å². The Labute approximate surface area is 332 Å². The van der Waals surface area contributed by atoms with Gasteiger partial charge in [0.1, 0.15) is 51.4 Å². The smallest absolute Gasteiger partial charge is 0.342 e. The molecule has 0 N–H and O–H groups in total. The van der Waals surface area contributed by atoms with Crippen LogP contribution in [0.25, 0.3) is 0 Å². The van der Waals surface area contributed by atoms with E-state index in [1.807, 2.05) is 100 Å². The van der Waals surface area contributed by atoms with E-state index in [0.29, 0.717) is 22.8 Å². The van der Waals surface area contributed by atoms with Crippen molar-refractivity contribution in [2.24, 2.45) is 5.92 Å². The number of fused-ring (bicyclic) bond motifs is 1. The lowest BCUT2D eigenvalue weighted by Crippen LogP contribution is -2.53. The van der Waals surface area contributed by atoms with E-state index in [0.717, 1.165) is 47.9 Å². The van der Waals surface area contributed by atoms with Crippen LogP contribution in [0.2, 0.25) is 0 Å². The first-order valence-corrected chi connectivity index (χ1v) is 19.9. The van der Waals surface area contributed by atoms with Crippen LogP contribution in [0.3, 0.4) is 0 Å². The lowest BCUT2D eigenvalue weighted by atomic mass is 9.77. The second-order valence-corrected chi connectivity index (χ2v) is 16.5. The molecule has 4 atom stereocenters. The van der Waals surface area contributed by atoms with Gasteiger partial charge in [-0.1, -0.05) is 90.8 Å². The average Bonchev–Trinajstić information content (AvgIpc) is 3.22. The summed E-state index contributed by atoms with van der Waals surface area (Å²) in [5.74, 6) is 0.827. The van der Waals surface area contributed by atoms with Gasteiger partial charge in [-0.2, -0.15) is 0 Å². The maximum atomic E-state index is 13.4. The molecule has 1 aliphatic rings. The van der Waals surface area contributed by atoms with Crippen molar-refractivity contribution in [2.75, 3.05) is 0 Å². The Bertz CT molecular complexity index is 2030. The van der Waals surface area contributed by atoms with Crippen molar-refractivity contribution in [3.63, 3.8) is 0 Å². The summed E-state index contributed by atoms with van der Waals surface area (Å²) < 4.78 is 30.0. The van der Waals surface area contributed by atoms with Gasteiger partial charge in [0.15, 0.2) is 0 Å². The van der Waals surface area contributed by atoms with Gasteiger partial charge in [0.2, 0.25) is 0 Å². The molecule has 4 aromatic carbocycles. The highest BCUT2D eigenvalue weighted by atomic mass is 16.6. The van der Waals surface area contributed by atoms with Crippen LogP contribution < -0.4 is 14.2 Å². The fraction of sp³-hybridized carbons (Fsp3) is 0.438. The lowest BCUT2D eigenvalue weighted by Gasteiger charge is -2.41. The Morgan fingerprint density at radius 2 is 1.38 bits per heavy atom. The number of benzene rings is 4. The Morgan fingerprint density at radius 3 is 1.98 bits per heavy atom. The molecule has 0 fully saturated rings. The number of carbonyl (C=O) groups is 3. The molecule has 0 bridgehead atoms. The molecule has 0 spiro atoms. The Hall–Kier alpha value is -5.11. The summed E-state index contributed by atoms with van der Waals surface area (Å²) in [5, 5.41) is 0. The van der Waals surface area contributed by atoms with E-state index in [-0.39, 0.29) is 35.2 Å². The number of cyclic esters (lactones) is 1. The molecular weight excluding hydrogens is 705 g/mol. The zero-order chi connectivity index (χ0) is 41.0. The van der Waals surface area contributed by atoms with Crippen molar-refractivity contribution in [1.29, 1.82) is 0 Å². The van der Waals surface area contributed by atoms with Gasteiger partial charge in [0, 0.05) is 18.3 Å². The fourth-order valence-corrected chi connectivity index (χ4v) is 7.27. The number of hydrogen-bond acceptors (Lipinski definition) is 8. The van der Waals surface area contributed by atoms with E-state index in [1.165, 1.54) is 6.92 Å². The Balaban J connectivity index is 1.29. The van der Waals surface area contributed by atoms with Crippen LogP contribution in [0, 0.1) is 5.92 Å². The molecule has 0 aromatic heterocycles.